The van der Waals surface area contributed by atoms with Crippen LogP contribution in [-0.2, 0) is 0 Å². The van der Waals surface area contributed by atoms with Crippen molar-refractivity contribution < 1.29 is 0 Å². The van der Waals surface area contributed by atoms with E-state index in [0.717, 1.165) is 18.4 Å². The molecule has 0 aromatic carbocycles. The van der Waals surface area contributed by atoms with Crippen molar-refractivity contribution in [2.24, 2.45) is 0 Å². The molecule has 0 amide bonds. The smallest absolute Gasteiger partial charge is 0.150 e. The first kappa shape index (κ1) is 11.0. The maximum atomic E-state index is 4.47. The normalized spacial score (nSPS) is 17.2. The highest BCUT2D eigenvalue weighted by atomic mass is 32.1. The Labute approximate surface area is 106 Å². The average molecular weight is 247 g/mol. The number of imidazole rings is 1. The molecule has 3 rings (SSSR count). The van der Waals surface area contributed by atoms with Gasteiger partial charge in [-0.15, -0.1) is 11.3 Å². The van der Waals surface area contributed by atoms with Crippen molar-refractivity contribution in [2.75, 3.05) is 6.54 Å². The lowest BCUT2D eigenvalue weighted by atomic mass is 10.3. The summed E-state index contributed by atoms with van der Waals surface area (Å²) in [5.41, 5.74) is 0. The van der Waals surface area contributed by atoms with E-state index in [4.69, 9.17) is 0 Å². The highest BCUT2D eigenvalue weighted by Gasteiger charge is 2.21. The number of hydrogen-bond donors (Lipinski definition) is 1. The topological polar surface area (TPSA) is 29.9 Å². The molecular weight excluding hydrogens is 230 g/mol. The Morgan fingerprint density at radius 2 is 2.47 bits per heavy atom. The molecule has 2 heterocycles. The third-order valence-corrected chi connectivity index (χ3v) is 4.03. The number of rotatable bonds is 5. The lowest BCUT2D eigenvalue weighted by Crippen LogP contribution is -2.25. The van der Waals surface area contributed by atoms with Crippen LogP contribution in [0.1, 0.15) is 25.8 Å². The van der Waals surface area contributed by atoms with Crippen molar-refractivity contribution >= 4 is 11.3 Å². The summed E-state index contributed by atoms with van der Waals surface area (Å²) < 4.78 is 2.27. The zero-order valence-corrected chi connectivity index (χ0v) is 10.8. The van der Waals surface area contributed by atoms with Crippen LogP contribution in [0.5, 0.6) is 0 Å². The molecule has 1 fully saturated rings. The molecule has 0 spiro atoms. The maximum absolute atomic E-state index is 4.47. The van der Waals surface area contributed by atoms with Gasteiger partial charge in [0.2, 0.25) is 0 Å². The van der Waals surface area contributed by atoms with Crippen molar-refractivity contribution in [3.63, 3.8) is 0 Å². The number of thiophene rings is 1. The Kier molecular flexibility index (Phi) is 2.99. The van der Waals surface area contributed by atoms with Crippen molar-refractivity contribution in [3.8, 4) is 10.7 Å². The van der Waals surface area contributed by atoms with Crippen LogP contribution in [0.4, 0.5) is 0 Å². The minimum absolute atomic E-state index is 0.454. The number of nitrogens with one attached hydrogen (secondary N) is 1. The van der Waals surface area contributed by atoms with Gasteiger partial charge in [-0.25, -0.2) is 4.98 Å². The molecule has 0 radical (unpaired) electrons. The minimum atomic E-state index is 0.454. The predicted octanol–water partition coefficient (Wildman–Crippen LogP) is 2.92. The summed E-state index contributed by atoms with van der Waals surface area (Å²) in [4.78, 5) is 5.71. The van der Waals surface area contributed by atoms with Crippen LogP contribution in [0.25, 0.3) is 10.7 Å². The van der Waals surface area contributed by atoms with E-state index in [2.05, 4.69) is 45.5 Å². The average Bonchev–Trinajstić information content (AvgIpc) is 2.84. The van der Waals surface area contributed by atoms with Crippen LogP contribution in [0.15, 0.2) is 29.9 Å². The Balaban J connectivity index is 1.75. The molecule has 0 saturated heterocycles. The third-order valence-electron chi connectivity index (χ3n) is 3.16. The zero-order chi connectivity index (χ0) is 11.7. The molecule has 1 atom stereocenters. The Morgan fingerprint density at radius 3 is 3.18 bits per heavy atom. The minimum Gasteiger partial charge on any atom is -0.326 e. The first-order valence-electron chi connectivity index (χ1n) is 6.14. The van der Waals surface area contributed by atoms with E-state index in [-0.39, 0.29) is 0 Å². The fourth-order valence-electron chi connectivity index (χ4n) is 1.99. The zero-order valence-electron chi connectivity index (χ0n) is 9.97. The first-order chi connectivity index (χ1) is 8.34. The van der Waals surface area contributed by atoms with Gasteiger partial charge in [0.1, 0.15) is 5.82 Å². The van der Waals surface area contributed by atoms with Gasteiger partial charge in [-0.1, -0.05) is 6.07 Å². The van der Waals surface area contributed by atoms with Crippen molar-refractivity contribution in [3.05, 3.63) is 29.9 Å². The predicted molar refractivity (Wildman–Crippen MR) is 71.3 cm³/mol. The Hall–Kier alpha value is -1.13. The highest BCUT2D eigenvalue weighted by Crippen LogP contribution is 2.26. The van der Waals surface area contributed by atoms with E-state index in [1.165, 1.54) is 17.7 Å². The van der Waals surface area contributed by atoms with Gasteiger partial charge in [0.15, 0.2) is 0 Å². The van der Waals surface area contributed by atoms with Gasteiger partial charge in [-0.05, 0) is 31.2 Å². The summed E-state index contributed by atoms with van der Waals surface area (Å²) in [7, 11) is 0. The van der Waals surface area contributed by atoms with Gasteiger partial charge in [0.05, 0.1) is 4.88 Å². The standard InChI is InChI=1S/C13H17N3S/c1-10(9-15-11-4-5-11)16-7-6-14-13(16)12-3-2-8-17-12/h2-3,6-8,10-11,15H,4-5,9H2,1H3. The largest absolute Gasteiger partial charge is 0.326 e. The van der Waals surface area contributed by atoms with Gasteiger partial charge < -0.3 is 9.88 Å². The number of nitrogens with zero attached hydrogens (tertiary/aromatic N) is 2. The summed E-state index contributed by atoms with van der Waals surface area (Å²) in [5.74, 6) is 1.09. The van der Waals surface area contributed by atoms with Gasteiger partial charge in [0, 0.05) is 31.0 Å². The quantitative estimate of drug-likeness (QED) is 0.880. The van der Waals surface area contributed by atoms with Gasteiger partial charge in [-0.3, -0.25) is 0 Å². The molecule has 4 heteroatoms. The van der Waals surface area contributed by atoms with Crippen molar-refractivity contribution in [1.82, 2.24) is 14.9 Å². The first-order valence-corrected chi connectivity index (χ1v) is 7.02. The molecule has 0 aliphatic heterocycles. The fourth-order valence-corrected chi connectivity index (χ4v) is 2.71. The van der Waals surface area contributed by atoms with E-state index < -0.39 is 0 Å². The monoisotopic (exact) mass is 247 g/mol. The molecule has 90 valence electrons. The third kappa shape index (κ3) is 2.42. The van der Waals surface area contributed by atoms with Crippen LogP contribution < -0.4 is 5.32 Å². The van der Waals surface area contributed by atoms with Crippen LogP contribution in [0.3, 0.4) is 0 Å². The second-order valence-corrected chi connectivity index (χ2v) is 5.61. The molecule has 1 N–H and O–H groups in total. The molecule has 1 aliphatic rings. The highest BCUT2D eigenvalue weighted by molar-refractivity contribution is 7.13. The molecule has 1 aliphatic carbocycles. The molecule has 1 saturated carbocycles. The lowest BCUT2D eigenvalue weighted by Gasteiger charge is -2.16. The van der Waals surface area contributed by atoms with Gasteiger partial charge in [0.25, 0.3) is 0 Å². The molecular formula is C13H17N3S. The Bertz CT molecular complexity index is 471. The SMILES string of the molecule is CC(CNC1CC1)n1ccnc1-c1cccs1. The summed E-state index contributed by atoms with van der Waals surface area (Å²) in [6.07, 6.45) is 6.65. The molecule has 2 aromatic rings. The summed E-state index contributed by atoms with van der Waals surface area (Å²) >= 11 is 1.75. The second kappa shape index (κ2) is 4.63. The van der Waals surface area contributed by atoms with Crippen LogP contribution in [0.2, 0.25) is 0 Å². The van der Waals surface area contributed by atoms with E-state index in [1.54, 1.807) is 11.3 Å². The fraction of sp³-hybridized carbons (Fsp3) is 0.462. The van der Waals surface area contributed by atoms with Crippen molar-refractivity contribution in [2.45, 2.75) is 31.8 Å². The molecule has 17 heavy (non-hydrogen) atoms. The second-order valence-electron chi connectivity index (χ2n) is 4.67. The maximum Gasteiger partial charge on any atom is 0.150 e. The van der Waals surface area contributed by atoms with Crippen molar-refractivity contribution in [1.29, 1.82) is 0 Å². The van der Waals surface area contributed by atoms with E-state index in [9.17, 15) is 0 Å². The molecule has 2 aromatic heterocycles. The van der Waals surface area contributed by atoms with Crippen LogP contribution >= 0.6 is 11.3 Å². The van der Waals surface area contributed by atoms with E-state index >= 15 is 0 Å². The summed E-state index contributed by atoms with van der Waals surface area (Å²) in [6.45, 7) is 3.27. The molecule has 0 bridgehead atoms. The molecule has 1 unspecified atom stereocenters. The molecule has 3 nitrogen and oxygen atoms in total. The van der Waals surface area contributed by atoms with Crippen LogP contribution in [0, 0.1) is 0 Å². The van der Waals surface area contributed by atoms with E-state index in [0.29, 0.717) is 6.04 Å². The van der Waals surface area contributed by atoms with Crippen LogP contribution in [-0.4, -0.2) is 22.1 Å². The van der Waals surface area contributed by atoms with E-state index in [1.807, 2.05) is 6.20 Å². The lowest BCUT2D eigenvalue weighted by molar-refractivity contribution is 0.496. The van der Waals surface area contributed by atoms with Gasteiger partial charge >= 0.3 is 0 Å². The summed E-state index contributed by atoms with van der Waals surface area (Å²) in [6, 6.07) is 5.43. The number of hydrogen-bond acceptors (Lipinski definition) is 3. The number of aromatic nitrogens is 2. The summed E-state index contributed by atoms with van der Waals surface area (Å²) in [5, 5.41) is 5.67. The van der Waals surface area contributed by atoms with Gasteiger partial charge in [-0.2, -0.15) is 0 Å². The Morgan fingerprint density at radius 1 is 1.59 bits per heavy atom.